The Morgan fingerprint density at radius 3 is 2.67 bits per heavy atom. The van der Waals surface area contributed by atoms with Crippen molar-refractivity contribution >= 4 is 22.9 Å². The first kappa shape index (κ1) is 15.7. The summed E-state index contributed by atoms with van der Waals surface area (Å²) >= 11 is 0. The number of benzene rings is 2. The molecule has 5 heteroatoms. The van der Waals surface area contributed by atoms with Gasteiger partial charge in [-0.25, -0.2) is 4.98 Å². The summed E-state index contributed by atoms with van der Waals surface area (Å²) in [5.41, 5.74) is 1.53. The van der Waals surface area contributed by atoms with Crippen molar-refractivity contribution in [2.45, 2.75) is 6.54 Å². The lowest BCUT2D eigenvalue weighted by atomic mass is 10.2. The minimum Gasteiger partial charge on any atom is -0.351 e. The maximum atomic E-state index is 12.3. The first-order valence-electron chi connectivity index (χ1n) is 7.69. The zero-order valence-electron chi connectivity index (χ0n) is 13.1. The number of carbonyl (C=O) groups is 1. The monoisotopic (exact) mass is 319 g/mol. The molecule has 1 N–H and O–H groups in total. The number of amides is 1. The molecule has 0 aliphatic heterocycles. The van der Waals surface area contributed by atoms with Gasteiger partial charge in [0.15, 0.2) is 0 Å². The Kier molecular flexibility index (Phi) is 4.81. The first-order chi connectivity index (χ1) is 11.7. The fraction of sp³-hybridized carbons (Fsp3) is 0.105. The van der Waals surface area contributed by atoms with E-state index in [1.54, 1.807) is 18.2 Å². The number of fused-ring (bicyclic) bond motifs is 1. The van der Waals surface area contributed by atoms with Gasteiger partial charge in [-0.3, -0.25) is 14.2 Å². The van der Waals surface area contributed by atoms with Gasteiger partial charge < -0.3 is 5.32 Å². The maximum absolute atomic E-state index is 12.3. The van der Waals surface area contributed by atoms with Crippen molar-refractivity contribution in [3.8, 4) is 0 Å². The van der Waals surface area contributed by atoms with Gasteiger partial charge in [0, 0.05) is 19.2 Å². The van der Waals surface area contributed by atoms with Crippen LogP contribution in [0.5, 0.6) is 0 Å². The number of nitrogens with zero attached hydrogens (tertiary/aromatic N) is 2. The van der Waals surface area contributed by atoms with Crippen molar-refractivity contribution in [3.63, 3.8) is 0 Å². The molecule has 24 heavy (non-hydrogen) atoms. The molecule has 1 aromatic heterocycles. The Balaban J connectivity index is 1.58. The van der Waals surface area contributed by atoms with Gasteiger partial charge in [0.25, 0.3) is 5.56 Å². The molecule has 2 aromatic carbocycles. The van der Waals surface area contributed by atoms with Gasteiger partial charge in [0.1, 0.15) is 0 Å². The van der Waals surface area contributed by atoms with E-state index >= 15 is 0 Å². The summed E-state index contributed by atoms with van der Waals surface area (Å²) < 4.78 is 1.50. The molecular formula is C19H17N3O2. The van der Waals surface area contributed by atoms with E-state index in [2.05, 4.69) is 10.3 Å². The van der Waals surface area contributed by atoms with Gasteiger partial charge in [-0.1, -0.05) is 42.5 Å². The fourth-order valence-electron chi connectivity index (χ4n) is 2.36. The standard InChI is InChI=1S/C19H17N3O2/c23-18(11-10-15-6-2-1-3-7-15)20-12-13-22-14-21-17-9-5-4-8-16(17)19(22)24/h1-11,14H,12-13H2,(H,20,23). The van der Waals surface area contributed by atoms with Crippen LogP contribution < -0.4 is 10.9 Å². The molecule has 1 heterocycles. The minimum atomic E-state index is -0.194. The van der Waals surface area contributed by atoms with Crippen molar-refractivity contribution in [1.29, 1.82) is 0 Å². The Morgan fingerprint density at radius 2 is 1.83 bits per heavy atom. The maximum Gasteiger partial charge on any atom is 0.261 e. The largest absolute Gasteiger partial charge is 0.351 e. The zero-order valence-corrected chi connectivity index (χ0v) is 13.1. The lowest BCUT2D eigenvalue weighted by molar-refractivity contribution is -0.116. The fourth-order valence-corrected chi connectivity index (χ4v) is 2.36. The lowest BCUT2D eigenvalue weighted by Crippen LogP contribution is -2.30. The lowest BCUT2D eigenvalue weighted by Gasteiger charge is -2.07. The van der Waals surface area contributed by atoms with Crippen LogP contribution in [-0.4, -0.2) is 22.0 Å². The Bertz CT molecular complexity index is 930. The highest BCUT2D eigenvalue weighted by Gasteiger charge is 2.03. The average molecular weight is 319 g/mol. The van der Waals surface area contributed by atoms with Crippen LogP contribution in [0.1, 0.15) is 5.56 Å². The van der Waals surface area contributed by atoms with Crippen LogP contribution in [0.4, 0.5) is 0 Å². The predicted octanol–water partition coefficient (Wildman–Crippen LogP) is 2.23. The Labute approximate surface area is 139 Å². The zero-order chi connectivity index (χ0) is 16.8. The molecule has 120 valence electrons. The molecular weight excluding hydrogens is 302 g/mol. The normalized spacial score (nSPS) is 11.0. The molecule has 0 saturated heterocycles. The summed E-state index contributed by atoms with van der Waals surface area (Å²) in [6, 6.07) is 16.8. The molecule has 0 unspecified atom stereocenters. The second kappa shape index (κ2) is 7.37. The minimum absolute atomic E-state index is 0.102. The van der Waals surface area contributed by atoms with Crippen molar-refractivity contribution in [2.75, 3.05) is 6.54 Å². The number of carbonyl (C=O) groups excluding carboxylic acids is 1. The van der Waals surface area contributed by atoms with Crippen LogP contribution in [0, 0.1) is 0 Å². The third-order valence-corrected chi connectivity index (χ3v) is 3.61. The second-order valence-electron chi connectivity index (χ2n) is 5.30. The van der Waals surface area contributed by atoms with Crippen LogP contribution in [0.15, 0.2) is 71.8 Å². The number of rotatable bonds is 5. The van der Waals surface area contributed by atoms with Gasteiger partial charge in [-0.15, -0.1) is 0 Å². The molecule has 0 radical (unpaired) electrons. The summed E-state index contributed by atoms with van der Waals surface area (Å²) in [6.45, 7) is 0.736. The van der Waals surface area contributed by atoms with Gasteiger partial charge in [0.2, 0.25) is 5.91 Å². The van der Waals surface area contributed by atoms with Gasteiger partial charge in [-0.2, -0.15) is 0 Å². The third-order valence-electron chi connectivity index (χ3n) is 3.61. The average Bonchev–Trinajstić information content (AvgIpc) is 2.63. The summed E-state index contributed by atoms with van der Waals surface area (Å²) in [5, 5.41) is 3.34. The molecule has 0 atom stereocenters. The van der Waals surface area contributed by atoms with Gasteiger partial charge in [-0.05, 0) is 23.8 Å². The molecule has 0 fully saturated rings. The van der Waals surface area contributed by atoms with Gasteiger partial charge in [0.05, 0.1) is 17.2 Å². The second-order valence-corrected chi connectivity index (χ2v) is 5.30. The summed E-state index contributed by atoms with van der Waals surface area (Å²) in [5.74, 6) is -0.194. The molecule has 0 aliphatic carbocycles. The van der Waals surface area contributed by atoms with Crippen molar-refractivity contribution in [3.05, 3.63) is 82.9 Å². The Morgan fingerprint density at radius 1 is 1.08 bits per heavy atom. The van der Waals surface area contributed by atoms with E-state index in [0.717, 1.165) is 5.56 Å². The van der Waals surface area contributed by atoms with Crippen LogP contribution in [-0.2, 0) is 11.3 Å². The molecule has 5 nitrogen and oxygen atoms in total. The van der Waals surface area contributed by atoms with Crippen LogP contribution in [0.2, 0.25) is 0 Å². The van der Waals surface area contributed by atoms with E-state index in [-0.39, 0.29) is 11.5 Å². The van der Waals surface area contributed by atoms with E-state index in [1.165, 1.54) is 17.0 Å². The van der Waals surface area contributed by atoms with E-state index in [4.69, 9.17) is 0 Å². The number of aromatic nitrogens is 2. The Hall–Kier alpha value is -3.21. The van der Waals surface area contributed by atoms with Crippen molar-refractivity contribution < 1.29 is 4.79 Å². The number of hydrogen-bond donors (Lipinski definition) is 1. The van der Waals surface area contributed by atoms with E-state index in [0.29, 0.717) is 24.0 Å². The molecule has 3 aromatic rings. The number of hydrogen-bond acceptors (Lipinski definition) is 3. The van der Waals surface area contributed by atoms with Crippen LogP contribution >= 0.6 is 0 Å². The molecule has 3 rings (SSSR count). The molecule has 0 spiro atoms. The molecule has 0 bridgehead atoms. The summed E-state index contributed by atoms with van der Waals surface area (Å²) in [7, 11) is 0. The van der Waals surface area contributed by atoms with Crippen molar-refractivity contribution in [1.82, 2.24) is 14.9 Å². The molecule has 1 amide bonds. The topological polar surface area (TPSA) is 64.0 Å². The summed E-state index contributed by atoms with van der Waals surface area (Å²) in [4.78, 5) is 28.4. The number of nitrogens with one attached hydrogen (secondary N) is 1. The first-order valence-corrected chi connectivity index (χ1v) is 7.69. The van der Waals surface area contributed by atoms with Crippen molar-refractivity contribution in [2.24, 2.45) is 0 Å². The number of para-hydroxylation sites is 1. The van der Waals surface area contributed by atoms with Gasteiger partial charge >= 0.3 is 0 Å². The highest BCUT2D eigenvalue weighted by molar-refractivity contribution is 5.91. The van der Waals surface area contributed by atoms with E-state index in [1.807, 2.05) is 42.5 Å². The quantitative estimate of drug-likeness (QED) is 0.734. The smallest absolute Gasteiger partial charge is 0.261 e. The van der Waals surface area contributed by atoms with Crippen LogP contribution in [0.3, 0.4) is 0 Å². The molecule has 0 aliphatic rings. The molecule has 0 saturated carbocycles. The van der Waals surface area contributed by atoms with E-state index < -0.39 is 0 Å². The third kappa shape index (κ3) is 3.76. The predicted molar refractivity (Wildman–Crippen MR) is 94.5 cm³/mol. The SMILES string of the molecule is O=C(C=Cc1ccccc1)NCCn1cnc2ccccc2c1=O. The highest BCUT2D eigenvalue weighted by Crippen LogP contribution is 2.04. The summed E-state index contributed by atoms with van der Waals surface area (Å²) in [6.07, 6.45) is 4.74. The van der Waals surface area contributed by atoms with Crippen LogP contribution in [0.25, 0.3) is 17.0 Å². The highest BCUT2D eigenvalue weighted by atomic mass is 16.1. The van der Waals surface area contributed by atoms with E-state index in [9.17, 15) is 9.59 Å².